The van der Waals surface area contributed by atoms with E-state index in [0.29, 0.717) is 45.8 Å². The van der Waals surface area contributed by atoms with Gasteiger partial charge in [0.2, 0.25) is 5.91 Å². The molecule has 8 heteroatoms. The molecule has 0 aromatic heterocycles. The summed E-state index contributed by atoms with van der Waals surface area (Å²) in [5, 5.41) is 10.4. The number of aliphatic hydroxyl groups excluding tert-OH is 1. The van der Waals surface area contributed by atoms with Crippen LogP contribution in [0.15, 0.2) is 30.3 Å². The summed E-state index contributed by atoms with van der Waals surface area (Å²) in [6, 6.07) is 9.90. The Morgan fingerprint density at radius 2 is 1.85 bits per heavy atom. The van der Waals surface area contributed by atoms with Gasteiger partial charge in [-0.3, -0.25) is 14.6 Å². The molecule has 0 bridgehead atoms. The third-order valence-electron chi connectivity index (χ3n) is 6.17. The summed E-state index contributed by atoms with van der Waals surface area (Å²) in [5.41, 5.74) is 0.756. The second-order valence-corrected chi connectivity index (χ2v) is 10.3. The molecular formula is C26H43N3O5. The van der Waals surface area contributed by atoms with Crippen molar-refractivity contribution in [2.45, 2.75) is 45.0 Å². The lowest BCUT2D eigenvalue weighted by atomic mass is 10.1. The average molecular weight is 478 g/mol. The van der Waals surface area contributed by atoms with Gasteiger partial charge in [0.25, 0.3) is 0 Å². The van der Waals surface area contributed by atoms with Crippen molar-refractivity contribution in [3.8, 4) is 0 Å². The van der Waals surface area contributed by atoms with E-state index in [1.54, 1.807) is 0 Å². The smallest absolute Gasteiger partial charge is 0.227 e. The SMILES string of the molecule is CC(C)(C)OC[C@H](O)CN1CCO[C@@H](CN(CCN2CCOCC2)C(=O)Cc2ccccc2)C1. The Balaban J connectivity index is 1.54. The largest absolute Gasteiger partial charge is 0.389 e. The predicted octanol–water partition coefficient (Wildman–Crippen LogP) is 1.27. The van der Waals surface area contributed by atoms with E-state index >= 15 is 0 Å². The monoisotopic (exact) mass is 477 g/mol. The Hall–Kier alpha value is -1.55. The van der Waals surface area contributed by atoms with Crippen molar-refractivity contribution in [1.29, 1.82) is 0 Å². The first kappa shape index (κ1) is 27.0. The van der Waals surface area contributed by atoms with E-state index in [1.165, 1.54) is 0 Å². The molecule has 0 unspecified atom stereocenters. The zero-order valence-corrected chi connectivity index (χ0v) is 21.2. The fraction of sp³-hybridized carbons (Fsp3) is 0.731. The molecule has 1 aromatic carbocycles. The molecule has 2 atom stereocenters. The minimum Gasteiger partial charge on any atom is -0.389 e. The van der Waals surface area contributed by atoms with Crippen LogP contribution in [0.4, 0.5) is 0 Å². The maximum absolute atomic E-state index is 13.3. The van der Waals surface area contributed by atoms with Gasteiger partial charge < -0.3 is 24.2 Å². The van der Waals surface area contributed by atoms with E-state index in [-0.39, 0.29) is 17.6 Å². The van der Waals surface area contributed by atoms with E-state index in [0.717, 1.165) is 45.0 Å². The molecule has 0 spiro atoms. The molecule has 2 aliphatic rings. The number of nitrogens with zero attached hydrogens (tertiary/aromatic N) is 3. The highest BCUT2D eigenvalue weighted by Gasteiger charge is 2.27. The molecule has 34 heavy (non-hydrogen) atoms. The molecule has 2 fully saturated rings. The molecule has 2 saturated heterocycles. The molecule has 192 valence electrons. The van der Waals surface area contributed by atoms with E-state index in [4.69, 9.17) is 14.2 Å². The van der Waals surface area contributed by atoms with Crippen molar-refractivity contribution >= 4 is 5.91 Å². The number of amides is 1. The number of hydrogen-bond acceptors (Lipinski definition) is 7. The zero-order valence-electron chi connectivity index (χ0n) is 21.2. The van der Waals surface area contributed by atoms with Gasteiger partial charge in [-0.2, -0.15) is 0 Å². The van der Waals surface area contributed by atoms with Gasteiger partial charge in [-0.25, -0.2) is 0 Å². The first-order valence-corrected chi connectivity index (χ1v) is 12.6. The molecule has 8 nitrogen and oxygen atoms in total. The van der Waals surface area contributed by atoms with Crippen molar-refractivity contribution in [2.24, 2.45) is 0 Å². The summed E-state index contributed by atoms with van der Waals surface area (Å²) >= 11 is 0. The molecule has 1 amide bonds. The lowest BCUT2D eigenvalue weighted by Gasteiger charge is -2.37. The quantitative estimate of drug-likeness (QED) is 0.514. The fourth-order valence-corrected chi connectivity index (χ4v) is 4.29. The molecule has 1 N–H and O–H groups in total. The minimum atomic E-state index is -0.546. The van der Waals surface area contributed by atoms with Crippen molar-refractivity contribution in [1.82, 2.24) is 14.7 Å². The second-order valence-electron chi connectivity index (χ2n) is 10.3. The molecule has 2 aliphatic heterocycles. The number of ether oxygens (including phenoxy) is 3. The van der Waals surface area contributed by atoms with Crippen LogP contribution in [0.2, 0.25) is 0 Å². The van der Waals surface area contributed by atoms with Gasteiger partial charge in [0.1, 0.15) is 0 Å². The highest BCUT2D eigenvalue weighted by atomic mass is 16.5. The standard InChI is InChI=1S/C26H43N3O5/c1-26(2,3)34-21-23(30)18-28-13-16-33-24(19-28)20-29(10-9-27-11-14-32-15-12-27)25(31)17-22-7-5-4-6-8-22/h4-8,23-24,30H,9-21H2,1-3H3/t23-,24-/m1/s1. The van der Waals surface area contributed by atoms with E-state index in [9.17, 15) is 9.90 Å². The zero-order chi connectivity index (χ0) is 24.4. The van der Waals surface area contributed by atoms with Gasteiger partial charge in [0.15, 0.2) is 0 Å². The number of hydrogen-bond donors (Lipinski definition) is 1. The number of β-amino-alcohol motifs (C(OH)–C–C–N with tert-alkyl or cyclic N) is 1. The van der Waals surface area contributed by atoms with Crippen molar-refractivity contribution < 1.29 is 24.1 Å². The van der Waals surface area contributed by atoms with Crippen molar-refractivity contribution in [3.05, 3.63) is 35.9 Å². The summed E-state index contributed by atoms with van der Waals surface area (Å²) in [4.78, 5) is 19.8. The molecule has 3 rings (SSSR count). The van der Waals surface area contributed by atoms with Crippen LogP contribution in [-0.4, -0.2) is 122 Å². The van der Waals surface area contributed by atoms with Crippen LogP contribution in [-0.2, 0) is 25.4 Å². The van der Waals surface area contributed by atoms with Crippen LogP contribution in [0, 0.1) is 0 Å². The van der Waals surface area contributed by atoms with Crippen LogP contribution < -0.4 is 0 Å². The number of rotatable bonds is 11. The Bertz CT molecular complexity index is 721. The highest BCUT2D eigenvalue weighted by Crippen LogP contribution is 2.12. The lowest BCUT2D eigenvalue weighted by molar-refractivity contribution is -0.134. The van der Waals surface area contributed by atoms with Gasteiger partial charge in [-0.15, -0.1) is 0 Å². The van der Waals surface area contributed by atoms with Crippen molar-refractivity contribution in [3.63, 3.8) is 0 Å². The lowest BCUT2D eigenvalue weighted by Crippen LogP contribution is -2.52. The Kier molecular flexibility index (Phi) is 10.8. The maximum Gasteiger partial charge on any atom is 0.227 e. The van der Waals surface area contributed by atoms with Gasteiger partial charge in [-0.1, -0.05) is 30.3 Å². The van der Waals surface area contributed by atoms with E-state index in [2.05, 4.69) is 9.80 Å². The summed E-state index contributed by atoms with van der Waals surface area (Å²) in [5.74, 6) is 0.124. The first-order chi connectivity index (χ1) is 16.3. The summed E-state index contributed by atoms with van der Waals surface area (Å²) in [6.07, 6.45) is -0.229. The molecule has 2 heterocycles. The van der Waals surface area contributed by atoms with Crippen LogP contribution in [0.25, 0.3) is 0 Å². The van der Waals surface area contributed by atoms with Gasteiger partial charge in [0, 0.05) is 52.4 Å². The van der Waals surface area contributed by atoms with Crippen LogP contribution in [0.5, 0.6) is 0 Å². The van der Waals surface area contributed by atoms with E-state index in [1.807, 2.05) is 56.0 Å². The second kappa shape index (κ2) is 13.5. The van der Waals surface area contributed by atoms with E-state index < -0.39 is 6.10 Å². The third-order valence-corrected chi connectivity index (χ3v) is 6.17. The average Bonchev–Trinajstić information content (AvgIpc) is 2.81. The molecule has 0 radical (unpaired) electrons. The molecular weight excluding hydrogens is 434 g/mol. The first-order valence-electron chi connectivity index (χ1n) is 12.6. The number of carbonyl (C=O) groups is 1. The van der Waals surface area contributed by atoms with Crippen LogP contribution in [0.1, 0.15) is 26.3 Å². The van der Waals surface area contributed by atoms with Crippen molar-refractivity contribution in [2.75, 3.05) is 78.8 Å². The minimum absolute atomic E-state index is 0.0751. The number of carbonyl (C=O) groups excluding carboxylic acids is 1. The van der Waals surface area contributed by atoms with Crippen LogP contribution >= 0.6 is 0 Å². The van der Waals surface area contributed by atoms with Gasteiger partial charge in [0.05, 0.1) is 50.7 Å². The number of aliphatic hydroxyl groups is 1. The highest BCUT2D eigenvalue weighted by molar-refractivity contribution is 5.78. The summed E-state index contributed by atoms with van der Waals surface area (Å²) < 4.78 is 17.2. The van der Waals surface area contributed by atoms with Crippen LogP contribution in [0.3, 0.4) is 0 Å². The number of benzene rings is 1. The Morgan fingerprint density at radius 1 is 1.15 bits per heavy atom. The number of morpholine rings is 2. The third kappa shape index (κ3) is 9.98. The van der Waals surface area contributed by atoms with Gasteiger partial charge in [-0.05, 0) is 26.3 Å². The summed E-state index contributed by atoms with van der Waals surface area (Å²) in [6.45, 7) is 14.3. The molecule has 0 saturated carbocycles. The molecule has 1 aromatic rings. The Labute approximate surface area is 204 Å². The normalized spacial score (nSPS) is 21.4. The fourth-order valence-electron chi connectivity index (χ4n) is 4.29. The molecule has 0 aliphatic carbocycles. The Morgan fingerprint density at radius 3 is 2.56 bits per heavy atom. The summed E-state index contributed by atoms with van der Waals surface area (Å²) in [7, 11) is 0. The predicted molar refractivity (Wildman–Crippen MR) is 132 cm³/mol. The van der Waals surface area contributed by atoms with Gasteiger partial charge >= 0.3 is 0 Å². The topological polar surface area (TPSA) is 74.7 Å². The maximum atomic E-state index is 13.3.